The molecule has 4 aromatic rings. The van der Waals surface area contributed by atoms with Gasteiger partial charge in [0.05, 0.1) is 22.3 Å². The van der Waals surface area contributed by atoms with E-state index >= 15 is 0 Å². The maximum Gasteiger partial charge on any atom is 0.290 e. The van der Waals surface area contributed by atoms with Gasteiger partial charge in [-0.25, -0.2) is 40.5 Å². The minimum atomic E-state index is -4.75. The van der Waals surface area contributed by atoms with Gasteiger partial charge in [-0.3, -0.25) is 0 Å². The molecule has 2 aromatic heterocycles. The van der Waals surface area contributed by atoms with Crippen LogP contribution in [0.2, 0.25) is 0 Å². The lowest BCUT2D eigenvalue weighted by molar-refractivity contribution is -0.439. The Morgan fingerprint density at radius 2 is 1.89 bits per heavy atom. The summed E-state index contributed by atoms with van der Waals surface area (Å²) in [5.74, 6) is -0.274. The highest BCUT2D eigenvalue weighted by Gasteiger charge is 2.33. The van der Waals surface area contributed by atoms with Gasteiger partial charge in [0.2, 0.25) is 25.9 Å². The number of para-hydroxylation sites is 1. The van der Waals surface area contributed by atoms with Crippen molar-refractivity contribution < 1.29 is 31.4 Å². The number of anilines is 1. The highest BCUT2D eigenvalue weighted by molar-refractivity contribution is 7.92. The smallest absolute Gasteiger partial charge is 0.290 e. The zero-order chi connectivity index (χ0) is 25.5. The molecule has 9 N–H and O–H groups in total. The van der Waals surface area contributed by atoms with Gasteiger partial charge in [0.15, 0.2) is 11.2 Å². The van der Waals surface area contributed by atoms with Gasteiger partial charge in [-0.15, -0.1) is 10.2 Å². The Hall–Kier alpha value is -3.16. The Morgan fingerprint density at radius 3 is 2.51 bits per heavy atom. The molecule has 13 nitrogen and oxygen atoms in total. The third-order valence-corrected chi connectivity index (χ3v) is 8.32. The first-order chi connectivity index (χ1) is 16.4. The molecule has 0 aliphatic carbocycles. The van der Waals surface area contributed by atoms with E-state index in [9.17, 15) is 25.6 Å². The number of aromatic amines is 1. The molecule has 18 heteroatoms. The fourth-order valence-electron chi connectivity index (χ4n) is 3.34. The van der Waals surface area contributed by atoms with Crippen LogP contribution in [0.3, 0.4) is 0 Å². The predicted molar refractivity (Wildman–Crippen MR) is 122 cm³/mol. The molecule has 4 rings (SSSR count). The van der Waals surface area contributed by atoms with E-state index in [2.05, 4.69) is 31.3 Å². The molecule has 0 radical (unpaired) electrons. The molecule has 2 heterocycles. The Kier molecular flexibility index (Phi) is 6.51. The molecule has 0 amide bonds. The summed E-state index contributed by atoms with van der Waals surface area (Å²) >= 11 is 1.19. The van der Waals surface area contributed by atoms with Crippen molar-refractivity contribution in [1.82, 2.24) is 30.3 Å². The summed E-state index contributed by atoms with van der Waals surface area (Å²) < 4.78 is 79.8. The number of sulfonamides is 2. The molecule has 0 aliphatic rings. The van der Waals surface area contributed by atoms with E-state index in [0.29, 0.717) is 15.8 Å². The molecule has 2 aromatic carbocycles. The number of H-pyrrole nitrogens is 1. The van der Waals surface area contributed by atoms with E-state index in [4.69, 9.17) is 10.9 Å². The minimum absolute atomic E-state index is 0.174. The van der Waals surface area contributed by atoms with Crippen LogP contribution in [-0.2, 0) is 20.0 Å². The molecule has 35 heavy (non-hydrogen) atoms. The molecular formula is C17H18F2N9O4S3+. The zero-order valence-electron chi connectivity index (χ0n) is 17.5. The van der Waals surface area contributed by atoms with Gasteiger partial charge in [0.25, 0.3) is 6.43 Å². The predicted octanol–water partition coefficient (Wildman–Crippen LogP) is -0.473. The Bertz CT molecular complexity index is 1610. The average molecular weight is 547 g/mol. The van der Waals surface area contributed by atoms with Crippen molar-refractivity contribution in [3.8, 4) is 22.5 Å². The Labute approximate surface area is 200 Å². The van der Waals surface area contributed by atoms with Crippen LogP contribution in [0.4, 0.5) is 13.9 Å². The number of primary sulfonamides is 1. The summed E-state index contributed by atoms with van der Waals surface area (Å²) in [6.45, 7) is -0.749. The lowest BCUT2D eigenvalue weighted by Gasteiger charge is -2.17. The van der Waals surface area contributed by atoms with Crippen LogP contribution in [0.15, 0.2) is 40.1 Å². The quantitative estimate of drug-likeness (QED) is 0.192. The molecule has 0 bridgehead atoms. The standard InChI is InChI=1S/C17H17F2N9O4S3/c18-15(19)9(20)6-23-35(31,32)11-5-4-7(8-2-1-3-10-13(8)24-17(21)33-10)12(14(11)34(22,29)30)16-25-27-28-26-16/h1-5,9,15,23H,6,20H2,(H2,21,24)(H2,22,29,30)(H,25,26,27,28)/p+1. The Morgan fingerprint density at radius 1 is 1.14 bits per heavy atom. The van der Waals surface area contributed by atoms with Crippen LogP contribution in [0, 0.1) is 0 Å². The molecule has 1 atom stereocenters. The number of nitrogen functional groups attached to an aromatic ring is 1. The molecule has 0 aliphatic heterocycles. The fourth-order valence-corrected chi connectivity index (χ4v) is 6.79. The summed E-state index contributed by atoms with van der Waals surface area (Å²) in [6, 6.07) is 5.78. The van der Waals surface area contributed by atoms with Crippen molar-refractivity contribution in [2.75, 3.05) is 12.3 Å². The third kappa shape index (κ3) is 4.83. The number of halogens is 2. The number of alkyl halides is 2. The molecule has 0 saturated carbocycles. The van der Waals surface area contributed by atoms with Gasteiger partial charge in [-0.05, 0) is 22.9 Å². The van der Waals surface area contributed by atoms with Crippen LogP contribution in [0.25, 0.3) is 32.7 Å². The van der Waals surface area contributed by atoms with Gasteiger partial charge in [0.1, 0.15) is 9.79 Å². The van der Waals surface area contributed by atoms with Crippen molar-refractivity contribution >= 4 is 46.7 Å². The van der Waals surface area contributed by atoms with Crippen molar-refractivity contribution in [2.24, 2.45) is 5.14 Å². The maximum absolute atomic E-state index is 13.0. The van der Waals surface area contributed by atoms with Gasteiger partial charge in [-0.2, -0.15) is 5.21 Å². The first kappa shape index (κ1) is 24.9. The SMILES string of the molecule is Nc1nc2c(-c3ccc(S(=O)(=O)NCC([NH3+])C(F)F)c(S(N)(=O)=O)c3-c3nn[nH]n3)cccc2s1. The van der Waals surface area contributed by atoms with Crippen LogP contribution in [0.1, 0.15) is 0 Å². The zero-order valence-corrected chi connectivity index (χ0v) is 20.0. The number of nitrogens with zero attached hydrogens (tertiary/aromatic N) is 4. The van der Waals surface area contributed by atoms with Gasteiger partial charge in [0, 0.05) is 5.56 Å². The van der Waals surface area contributed by atoms with Crippen molar-refractivity contribution in [2.45, 2.75) is 22.3 Å². The van der Waals surface area contributed by atoms with E-state index in [1.165, 1.54) is 17.4 Å². The molecule has 0 spiro atoms. The fraction of sp³-hybridized carbons (Fsp3) is 0.176. The highest BCUT2D eigenvalue weighted by Crippen LogP contribution is 2.41. The number of nitrogens with two attached hydrogens (primary N) is 2. The number of rotatable bonds is 8. The summed E-state index contributed by atoms with van der Waals surface area (Å²) in [6.07, 6.45) is -2.90. The van der Waals surface area contributed by atoms with Gasteiger partial charge >= 0.3 is 0 Å². The molecular weight excluding hydrogens is 528 g/mol. The van der Waals surface area contributed by atoms with E-state index < -0.39 is 48.8 Å². The number of quaternary nitrogens is 1. The van der Waals surface area contributed by atoms with E-state index in [-0.39, 0.29) is 22.1 Å². The third-order valence-electron chi connectivity index (χ3n) is 4.88. The van der Waals surface area contributed by atoms with E-state index in [1.54, 1.807) is 18.2 Å². The highest BCUT2D eigenvalue weighted by atomic mass is 32.2. The summed E-state index contributed by atoms with van der Waals surface area (Å²) in [5, 5.41) is 19.0. The number of hydrogen-bond donors (Lipinski definition) is 5. The number of tetrazole rings is 1. The molecule has 0 fully saturated rings. The number of benzene rings is 2. The van der Waals surface area contributed by atoms with Crippen LogP contribution < -0.4 is 21.3 Å². The second kappa shape index (κ2) is 9.13. The van der Waals surface area contributed by atoms with E-state index in [0.717, 1.165) is 6.07 Å². The maximum atomic E-state index is 13.0. The number of fused-ring (bicyclic) bond motifs is 1. The number of nitrogens with one attached hydrogen (secondary N) is 2. The monoisotopic (exact) mass is 546 g/mol. The first-order valence-corrected chi connectivity index (χ1v) is 13.4. The normalized spacial score (nSPS) is 13.5. The number of thiazole rings is 1. The first-order valence-electron chi connectivity index (χ1n) is 9.60. The number of hydrogen-bond acceptors (Lipinski definition) is 10. The van der Waals surface area contributed by atoms with Crippen LogP contribution in [-0.4, -0.2) is 61.5 Å². The van der Waals surface area contributed by atoms with Crippen molar-refractivity contribution in [1.29, 1.82) is 0 Å². The lowest BCUT2D eigenvalue weighted by atomic mass is 9.98. The van der Waals surface area contributed by atoms with Gasteiger partial charge < -0.3 is 11.5 Å². The average Bonchev–Trinajstić information content (AvgIpc) is 3.44. The lowest BCUT2D eigenvalue weighted by Crippen LogP contribution is -2.68. The molecule has 186 valence electrons. The summed E-state index contributed by atoms with van der Waals surface area (Å²) in [5.41, 5.74) is 9.73. The summed E-state index contributed by atoms with van der Waals surface area (Å²) in [7, 11) is -9.41. The largest absolute Gasteiger partial charge is 0.375 e. The van der Waals surface area contributed by atoms with Crippen molar-refractivity contribution in [3.63, 3.8) is 0 Å². The minimum Gasteiger partial charge on any atom is -0.375 e. The van der Waals surface area contributed by atoms with Crippen LogP contribution >= 0.6 is 11.3 Å². The second-order valence-electron chi connectivity index (χ2n) is 7.25. The molecule has 0 saturated heterocycles. The topological polar surface area (TPSA) is 227 Å². The van der Waals surface area contributed by atoms with Crippen LogP contribution in [0.5, 0.6) is 0 Å². The second-order valence-corrected chi connectivity index (χ2v) is 11.5. The van der Waals surface area contributed by atoms with Gasteiger partial charge in [-0.1, -0.05) is 29.5 Å². The van der Waals surface area contributed by atoms with Crippen molar-refractivity contribution in [3.05, 3.63) is 30.3 Å². The Balaban J connectivity index is 2.03. The summed E-state index contributed by atoms with van der Waals surface area (Å²) in [4.78, 5) is 2.66. The van der Waals surface area contributed by atoms with E-state index in [1.807, 2.05) is 4.72 Å². The molecule has 1 unspecified atom stereocenters. The number of aromatic nitrogens is 5.